The molecule has 1 N–H and O–H groups in total. The zero-order chi connectivity index (χ0) is 15.8. The lowest BCUT2D eigenvalue weighted by Crippen LogP contribution is -2.24. The summed E-state index contributed by atoms with van der Waals surface area (Å²) >= 11 is 0. The van der Waals surface area contributed by atoms with Gasteiger partial charge in [-0.2, -0.15) is 0 Å². The number of methoxy groups -OCH3 is 4. The van der Waals surface area contributed by atoms with Gasteiger partial charge in [-0.1, -0.05) is 6.92 Å². The third kappa shape index (κ3) is 4.25. The summed E-state index contributed by atoms with van der Waals surface area (Å²) in [7, 11) is 8.54. The van der Waals surface area contributed by atoms with Crippen molar-refractivity contribution in [1.82, 2.24) is 5.32 Å². The van der Waals surface area contributed by atoms with Gasteiger partial charge in [0.1, 0.15) is 0 Å². The molecule has 0 aliphatic heterocycles. The first-order valence-electron chi connectivity index (χ1n) is 7.09. The normalized spacial score (nSPS) is 13.6. The average Bonchev–Trinajstić information content (AvgIpc) is 2.52. The van der Waals surface area contributed by atoms with Gasteiger partial charge in [-0.3, -0.25) is 0 Å². The molecular formula is C16H27NO4. The van der Waals surface area contributed by atoms with Crippen LogP contribution in [0.2, 0.25) is 0 Å². The third-order valence-electron chi connectivity index (χ3n) is 3.70. The summed E-state index contributed by atoms with van der Waals surface area (Å²) in [6.07, 6.45) is 0.971. The quantitative estimate of drug-likeness (QED) is 0.759. The monoisotopic (exact) mass is 297 g/mol. The third-order valence-corrected chi connectivity index (χ3v) is 3.70. The highest BCUT2D eigenvalue weighted by atomic mass is 16.5. The Morgan fingerprint density at radius 2 is 1.57 bits per heavy atom. The standard InChI is InChI=1S/C16H27NO4/c1-11(7-8-18-3)15(17-2)12-9-13(19-4)16(21-6)14(10-12)20-5/h9-11,15,17H,7-8H2,1-6H3. The van der Waals surface area contributed by atoms with Crippen molar-refractivity contribution in [3.8, 4) is 17.2 Å². The van der Waals surface area contributed by atoms with Crippen LogP contribution in [0.5, 0.6) is 17.2 Å². The molecule has 5 nitrogen and oxygen atoms in total. The van der Waals surface area contributed by atoms with E-state index in [9.17, 15) is 0 Å². The molecule has 0 radical (unpaired) electrons. The molecule has 0 fully saturated rings. The van der Waals surface area contributed by atoms with Gasteiger partial charge in [0.05, 0.1) is 21.3 Å². The largest absolute Gasteiger partial charge is 0.493 e. The van der Waals surface area contributed by atoms with Crippen molar-refractivity contribution < 1.29 is 18.9 Å². The van der Waals surface area contributed by atoms with E-state index in [4.69, 9.17) is 18.9 Å². The van der Waals surface area contributed by atoms with Crippen molar-refractivity contribution in [2.75, 3.05) is 42.1 Å². The summed E-state index contributed by atoms with van der Waals surface area (Å²) in [6, 6.07) is 4.17. The van der Waals surface area contributed by atoms with Crippen LogP contribution in [0.15, 0.2) is 12.1 Å². The zero-order valence-electron chi connectivity index (χ0n) is 13.9. The minimum atomic E-state index is 0.189. The summed E-state index contributed by atoms with van der Waals surface area (Å²) in [5, 5.41) is 3.36. The Morgan fingerprint density at radius 1 is 1.00 bits per heavy atom. The van der Waals surface area contributed by atoms with Gasteiger partial charge in [0.25, 0.3) is 0 Å². The summed E-state index contributed by atoms with van der Waals surface area (Å²) in [6.45, 7) is 2.94. The van der Waals surface area contributed by atoms with Gasteiger partial charge in [0.2, 0.25) is 5.75 Å². The first kappa shape index (κ1) is 17.6. The van der Waals surface area contributed by atoms with E-state index in [1.807, 2.05) is 19.2 Å². The molecule has 0 aromatic heterocycles. The molecule has 0 saturated heterocycles. The fraction of sp³-hybridized carbons (Fsp3) is 0.625. The van der Waals surface area contributed by atoms with E-state index in [0.717, 1.165) is 18.6 Å². The van der Waals surface area contributed by atoms with E-state index < -0.39 is 0 Å². The van der Waals surface area contributed by atoms with Gasteiger partial charge in [0, 0.05) is 19.8 Å². The molecular weight excluding hydrogens is 270 g/mol. The molecule has 0 heterocycles. The SMILES string of the molecule is CNC(c1cc(OC)c(OC)c(OC)c1)C(C)CCOC. The van der Waals surface area contributed by atoms with Crippen LogP contribution in [-0.4, -0.2) is 42.1 Å². The van der Waals surface area contributed by atoms with Crippen LogP contribution >= 0.6 is 0 Å². The van der Waals surface area contributed by atoms with E-state index in [2.05, 4.69) is 12.2 Å². The Labute approximate surface area is 127 Å². The molecule has 21 heavy (non-hydrogen) atoms. The number of hydrogen-bond donors (Lipinski definition) is 1. The molecule has 120 valence electrons. The summed E-state index contributed by atoms with van der Waals surface area (Å²) < 4.78 is 21.4. The molecule has 2 atom stereocenters. The highest BCUT2D eigenvalue weighted by molar-refractivity contribution is 5.54. The summed E-state index contributed by atoms with van der Waals surface area (Å²) in [4.78, 5) is 0. The smallest absolute Gasteiger partial charge is 0.203 e. The molecule has 0 amide bonds. The van der Waals surface area contributed by atoms with Crippen molar-refractivity contribution in [1.29, 1.82) is 0 Å². The fourth-order valence-electron chi connectivity index (χ4n) is 2.53. The van der Waals surface area contributed by atoms with Gasteiger partial charge in [0.15, 0.2) is 11.5 Å². The van der Waals surface area contributed by atoms with Crippen LogP contribution in [0.4, 0.5) is 0 Å². The van der Waals surface area contributed by atoms with Crippen LogP contribution in [0.1, 0.15) is 24.9 Å². The fourth-order valence-corrected chi connectivity index (χ4v) is 2.53. The van der Waals surface area contributed by atoms with Crippen molar-refractivity contribution in [2.24, 2.45) is 5.92 Å². The van der Waals surface area contributed by atoms with E-state index in [1.165, 1.54) is 0 Å². The maximum Gasteiger partial charge on any atom is 0.203 e. The first-order valence-corrected chi connectivity index (χ1v) is 7.09. The second-order valence-corrected chi connectivity index (χ2v) is 4.98. The van der Waals surface area contributed by atoms with Gasteiger partial charge < -0.3 is 24.3 Å². The Kier molecular flexibility index (Phi) is 7.32. The minimum absolute atomic E-state index is 0.189. The molecule has 1 aromatic rings. The summed E-state index contributed by atoms with van der Waals surface area (Å²) in [5.41, 5.74) is 1.11. The Bertz CT molecular complexity index is 411. The van der Waals surface area contributed by atoms with Gasteiger partial charge in [-0.25, -0.2) is 0 Å². The number of rotatable bonds is 9. The van der Waals surface area contributed by atoms with Crippen LogP contribution in [-0.2, 0) is 4.74 Å². The molecule has 1 rings (SSSR count). The maximum absolute atomic E-state index is 5.42. The lowest BCUT2D eigenvalue weighted by atomic mass is 9.91. The molecule has 0 spiro atoms. The van der Waals surface area contributed by atoms with E-state index >= 15 is 0 Å². The van der Waals surface area contributed by atoms with Crippen molar-refractivity contribution in [2.45, 2.75) is 19.4 Å². The van der Waals surface area contributed by atoms with Gasteiger partial charge in [-0.05, 0) is 37.1 Å². The van der Waals surface area contributed by atoms with E-state index in [-0.39, 0.29) is 6.04 Å². The Morgan fingerprint density at radius 3 is 1.95 bits per heavy atom. The predicted octanol–water partition coefficient (Wildman–Crippen LogP) is 2.65. The Hall–Kier alpha value is -1.46. The van der Waals surface area contributed by atoms with Crippen molar-refractivity contribution in [3.63, 3.8) is 0 Å². The summed E-state index contributed by atoms with van der Waals surface area (Å²) in [5.74, 6) is 2.37. The van der Waals surface area contributed by atoms with Crippen molar-refractivity contribution >= 4 is 0 Å². The number of benzene rings is 1. The lowest BCUT2D eigenvalue weighted by molar-refractivity contribution is 0.171. The molecule has 0 bridgehead atoms. The van der Waals surface area contributed by atoms with Crippen LogP contribution in [0.3, 0.4) is 0 Å². The highest BCUT2D eigenvalue weighted by Crippen LogP contribution is 2.41. The second-order valence-electron chi connectivity index (χ2n) is 4.98. The first-order chi connectivity index (χ1) is 10.1. The van der Waals surface area contributed by atoms with Crippen LogP contribution in [0, 0.1) is 5.92 Å². The predicted molar refractivity (Wildman–Crippen MR) is 83.6 cm³/mol. The van der Waals surface area contributed by atoms with Gasteiger partial charge >= 0.3 is 0 Å². The number of nitrogens with one attached hydrogen (secondary N) is 1. The average molecular weight is 297 g/mol. The molecule has 5 heteroatoms. The molecule has 0 aliphatic rings. The Balaban J connectivity index is 3.14. The lowest BCUT2D eigenvalue weighted by Gasteiger charge is -2.25. The molecule has 2 unspecified atom stereocenters. The number of hydrogen-bond acceptors (Lipinski definition) is 5. The van der Waals surface area contributed by atoms with Crippen LogP contribution < -0.4 is 19.5 Å². The topological polar surface area (TPSA) is 49.0 Å². The maximum atomic E-state index is 5.42. The number of ether oxygens (including phenoxy) is 4. The van der Waals surface area contributed by atoms with E-state index in [1.54, 1.807) is 28.4 Å². The van der Waals surface area contributed by atoms with E-state index in [0.29, 0.717) is 23.2 Å². The van der Waals surface area contributed by atoms with Crippen molar-refractivity contribution in [3.05, 3.63) is 17.7 Å². The second kappa shape index (κ2) is 8.74. The minimum Gasteiger partial charge on any atom is -0.493 e. The zero-order valence-corrected chi connectivity index (χ0v) is 13.9. The van der Waals surface area contributed by atoms with Crippen LogP contribution in [0.25, 0.3) is 0 Å². The molecule has 1 aromatic carbocycles. The molecule has 0 aliphatic carbocycles. The highest BCUT2D eigenvalue weighted by Gasteiger charge is 2.22. The van der Waals surface area contributed by atoms with Gasteiger partial charge in [-0.15, -0.1) is 0 Å². The molecule has 0 saturated carbocycles.